The Morgan fingerprint density at radius 1 is 0.714 bits per heavy atom. The minimum absolute atomic E-state index is 2.92. The maximum Gasteiger partial charge on any atom is 0.493 e. The highest BCUT2D eigenvalue weighted by molar-refractivity contribution is 4.94. The minimum atomic E-state index is -6.30. The van der Waals surface area contributed by atoms with E-state index in [4.69, 9.17) is 0 Å². The third-order valence-corrected chi connectivity index (χ3v) is 0.859. The van der Waals surface area contributed by atoms with E-state index in [1.54, 1.807) is 0 Å². The summed E-state index contributed by atoms with van der Waals surface area (Å²) in [7, 11) is 0. The minimum Gasteiger partial charge on any atom is -0.181 e. The van der Waals surface area contributed by atoms with E-state index >= 15 is 0 Å². The standard InChI is InChI=1S/C4F9N/c5-1(6)2(7)14(3(8,9)10)4(11,12)13. The van der Waals surface area contributed by atoms with Gasteiger partial charge in [0.05, 0.1) is 0 Å². The fraction of sp³-hybridized carbons (Fsp3) is 0.500. The van der Waals surface area contributed by atoms with Crippen molar-refractivity contribution in [3.05, 3.63) is 12.0 Å². The fourth-order valence-electron chi connectivity index (χ4n) is 0.451. The molecule has 0 fully saturated rings. The van der Waals surface area contributed by atoms with Crippen molar-refractivity contribution in [3.8, 4) is 0 Å². The molecule has 1 nitrogen and oxygen atoms in total. The summed E-state index contributed by atoms with van der Waals surface area (Å²) in [6, 6.07) is 0. The van der Waals surface area contributed by atoms with Gasteiger partial charge in [0.2, 0.25) is 0 Å². The molecule has 0 aromatic rings. The second-order valence-corrected chi connectivity index (χ2v) is 1.82. The van der Waals surface area contributed by atoms with Gasteiger partial charge in [0.25, 0.3) is 5.95 Å². The lowest BCUT2D eigenvalue weighted by atomic mass is 10.7. The van der Waals surface area contributed by atoms with Crippen LogP contribution in [0.2, 0.25) is 0 Å². The topological polar surface area (TPSA) is 3.24 Å². The molecule has 0 aliphatic rings. The molecule has 0 bridgehead atoms. The first kappa shape index (κ1) is 12.9. The first-order valence-corrected chi connectivity index (χ1v) is 2.62. The third-order valence-electron chi connectivity index (χ3n) is 0.859. The molecule has 0 aromatic carbocycles. The summed E-state index contributed by atoms with van der Waals surface area (Å²) >= 11 is 0. The summed E-state index contributed by atoms with van der Waals surface area (Å²) in [6.07, 6.45) is -16.3. The van der Waals surface area contributed by atoms with Crippen molar-refractivity contribution in [2.75, 3.05) is 0 Å². The van der Waals surface area contributed by atoms with Crippen molar-refractivity contribution in [2.24, 2.45) is 0 Å². The molecule has 0 atom stereocenters. The molecular formula is C4F9N. The van der Waals surface area contributed by atoms with Crippen molar-refractivity contribution in [2.45, 2.75) is 12.6 Å². The van der Waals surface area contributed by atoms with E-state index in [-0.39, 0.29) is 0 Å². The van der Waals surface area contributed by atoms with E-state index in [0.29, 0.717) is 0 Å². The van der Waals surface area contributed by atoms with Crippen LogP contribution in [0.15, 0.2) is 12.0 Å². The SMILES string of the molecule is FC(F)=C(F)N(C(F)(F)F)C(F)(F)F. The van der Waals surface area contributed by atoms with Gasteiger partial charge >= 0.3 is 18.7 Å². The quantitative estimate of drug-likeness (QED) is 0.495. The molecule has 0 unspecified atom stereocenters. The lowest BCUT2D eigenvalue weighted by Crippen LogP contribution is -2.46. The van der Waals surface area contributed by atoms with E-state index in [1.165, 1.54) is 0 Å². The molecule has 0 aromatic heterocycles. The van der Waals surface area contributed by atoms with Crippen molar-refractivity contribution < 1.29 is 39.5 Å². The molecule has 84 valence electrons. The van der Waals surface area contributed by atoms with Gasteiger partial charge in [-0.25, -0.2) is 0 Å². The Hall–Kier alpha value is -1.09. The molecule has 0 saturated carbocycles. The molecule has 14 heavy (non-hydrogen) atoms. The second kappa shape index (κ2) is 3.58. The van der Waals surface area contributed by atoms with Gasteiger partial charge in [-0.15, -0.1) is 26.3 Å². The highest BCUT2D eigenvalue weighted by atomic mass is 19.4. The zero-order chi connectivity index (χ0) is 11.7. The van der Waals surface area contributed by atoms with Crippen molar-refractivity contribution >= 4 is 0 Å². The van der Waals surface area contributed by atoms with E-state index < -0.39 is 29.5 Å². The Kier molecular flexibility index (Phi) is 3.30. The summed E-state index contributed by atoms with van der Waals surface area (Å²) in [5.41, 5.74) is 0. The summed E-state index contributed by atoms with van der Waals surface area (Å²) in [4.78, 5) is -2.92. The second-order valence-electron chi connectivity index (χ2n) is 1.82. The Bertz CT molecular complexity index is 216. The zero-order valence-electron chi connectivity index (χ0n) is 5.85. The van der Waals surface area contributed by atoms with Gasteiger partial charge in [-0.2, -0.15) is 18.1 Å². The van der Waals surface area contributed by atoms with Crippen LogP contribution in [-0.4, -0.2) is 17.5 Å². The molecule has 0 amide bonds. The number of alkyl halides is 6. The molecule has 0 aliphatic heterocycles. The molecule has 0 aliphatic carbocycles. The van der Waals surface area contributed by atoms with Crippen molar-refractivity contribution in [3.63, 3.8) is 0 Å². The summed E-state index contributed by atoms with van der Waals surface area (Å²) < 4.78 is 103. The van der Waals surface area contributed by atoms with Gasteiger partial charge in [-0.3, -0.25) is 0 Å². The van der Waals surface area contributed by atoms with Gasteiger partial charge < -0.3 is 0 Å². The van der Waals surface area contributed by atoms with Crippen molar-refractivity contribution in [1.29, 1.82) is 0 Å². The smallest absolute Gasteiger partial charge is 0.181 e. The highest BCUT2D eigenvalue weighted by Gasteiger charge is 2.56. The molecule has 0 N–H and O–H groups in total. The maximum absolute atomic E-state index is 11.8. The van der Waals surface area contributed by atoms with Crippen molar-refractivity contribution in [1.82, 2.24) is 4.90 Å². The van der Waals surface area contributed by atoms with Crippen LogP contribution in [0.5, 0.6) is 0 Å². The Morgan fingerprint density at radius 2 is 1.00 bits per heavy atom. The number of halogens is 9. The van der Waals surface area contributed by atoms with Crippen LogP contribution in [0.1, 0.15) is 0 Å². The van der Waals surface area contributed by atoms with Gasteiger partial charge in [-0.05, 0) is 0 Å². The first-order chi connectivity index (χ1) is 5.98. The summed E-state index contributed by atoms with van der Waals surface area (Å²) in [6.45, 7) is 0. The molecule has 0 radical (unpaired) electrons. The Balaban J connectivity index is 5.27. The average molecular weight is 233 g/mol. The molecule has 0 spiro atoms. The van der Waals surface area contributed by atoms with Crippen LogP contribution in [0, 0.1) is 0 Å². The van der Waals surface area contributed by atoms with Crippen LogP contribution in [0.4, 0.5) is 39.5 Å². The largest absolute Gasteiger partial charge is 0.493 e. The predicted octanol–water partition coefficient (Wildman–Crippen LogP) is 3.36. The van der Waals surface area contributed by atoms with Crippen LogP contribution in [0.25, 0.3) is 0 Å². The lowest BCUT2D eigenvalue weighted by Gasteiger charge is -2.25. The summed E-state index contributed by atoms with van der Waals surface area (Å²) in [5, 5.41) is 0. The maximum atomic E-state index is 11.8. The highest BCUT2D eigenvalue weighted by Crippen LogP contribution is 2.38. The zero-order valence-corrected chi connectivity index (χ0v) is 5.85. The van der Waals surface area contributed by atoms with E-state index in [1.807, 2.05) is 0 Å². The first-order valence-electron chi connectivity index (χ1n) is 2.62. The Labute approximate surface area is 70.4 Å². The lowest BCUT2D eigenvalue weighted by molar-refractivity contribution is -0.366. The van der Waals surface area contributed by atoms with Gasteiger partial charge in [0.15, 0.2) is 0 Å². The third kappa shape index (κ3) is 3.00. The molecule has 0 rings (SSSR count). The molecular weight excluding hydrogens is 233 g/mol. The number of hydrogen-bond acceptors (Lipinski definition) is 1. The molecule has 10 heteroatoms. The monoisotopic (exact) mass is 233 g/mol. The number of rotatable bonds is 1. The molecule has 0 heterocycles. The number of nitrogens with zero attached hydrogens (tertiary/aromatic N) is 1. The van der Waals surface area contributed by atoms with Crippen LogP contribution in [-0.2, 0) is 0 Å². The van der Waals surface area contributed by atoms with E-state index in [0.717, 1.165) is 0 Å². The number of hydrogen-bond donors (Lipinski definition) is 0. The van der Waals surface area contributed by atoms with Crippen LogP contribution < -0.4 is 0 Å². The predicted molar refractivity (Wildman–Crippen MR) is 24.3 cm³/mol. The van der Waals surface area contributed by atoms with Gasteiger partial charge in [0, 0.05) is 0 Å². The molecule has 0 saturated heterocycles. The summed E-state index contributed by atoms with van der Waals surface area (Å²) in [5.74, 6) is -3.69. The van der Waals surface area contributed by atoms with E-state index in [2.05, 4.69) is 0 Å². The van der Waals surface area contributed by atoms with Gasteiger partial charge in [-0.1, -0.05) is 0 Å². The normalized spacial score (nSPS) is 12.6. The fourth-order valence-corrected chi connectivity index (χ4v) is 0.451. The van der Waals surface area contributed by atoms with E-state index in [9.17, 15) is 39.5 Å². The van der Waals surface area contributed by atoms with Crippen LogP contribution >= 0.6 is 0 Å². The van der Waals surface area contributed by atoms with Gasteiger partial charge in [0.1, 0.15) is 0 Å². The average Bonchev–Trinajstić information content (AvgIpc) is 1.79. The van der Waals surface area contributed by atoms with Crippen LogP contribution in [0.3, 0.4) is 0 Å². The Morgan fingerprint density at radius 3 is 1.07 bits per heavy atom.